The molecule has 21 heavy (non-hydrogen) atoms. The molecule has 0 spiro atoms. The summed E-state index contributed by atoms with van der Waals surface area (Å²) >= 11 is 0. The lowest BCUT2D eigenvalue weighted by molar-refractivity contribution is -0.385. The number of nitriles is 1. The van der Waals surface area contributed by atoms with Crippen molar-refractivity contribution in [3.63, 3.8) is 0 Å². The number of anilines is 1. The predicted molar refractivity (Wildman–Crippen MR) is 79.2 cm³/mol. The number of hydrogen-bond donors (Lipinski definition) is 0. The number of nitro benzene ring substituents is 1. The van der Waals surface area contributed by atoms with Gasteiger partial charge in [0, 0.05) is 36.9 Å². The summed E-state index contributed by atoms with van der Waals surface area (Å²) in [5.74, 6) is 0. The molecule has 2 bridgehead atoms. The monoisotopic (exact) mass is 286 g/mol. The van der Waals surface area contributed by atoms with Crippen molar-refractivity contribution in [2.45, 2.75) is 31.3 Å². The first-order chi connectivity index (χ1) is 10.1. The molecular formula is C15H18N4O2. The quantitative estimate of drug-likeness (QED) is 0.615. The summed E-state index contributed by atoms with van der Waals surface area (Å²) in [4.78, 5) is 15.3. The Bertz CT molecular complexity index is 610. The minimum Gasteiger partial charge on any atom is -0.370 e. The van der Waals surface area contributed by atoms with Crippen LogP contribution in [0.1, 0.15) is 24.8 Å². The second kappa shape index (κ2) is 5.34. The highest BCUT2D eigenvalue weighted by Gasteiger charge is 2.35. The zero-order valence-electron chi connectivity index (χ0n) is 12.0. The zero-order chi connectivity index (χ0) is 15.0. The van der Waals surface area contributed by atoms with Crippen molar-refractivity contribution in [2.24, 2.45) is 0 Å². The lowest BCUT2D eigenvalue weighted by Gasteiger charge is -2.27. The molecule has 110 valence electrons. The van der Waals surface area contributed by atoms with Crippen LogP contribution in [0.2, 0.25) is 0 Å². The third-order valence-corrected chi connectivity index (χ3v) is 4.81. The van der Waals surface area contributed by atoms with E-state index in [0.29, 0.717) is 12.1 Å². The summed E-state index contributed by atoms with van der Waals surface area (Å²) in [6, 6.07) is 7.96. The fourth-order valence-corrected chi connectivity index (χ4v) is 3.51. The molecule has 2 aliphatic rings. The summed E-state index contributed by atoms with van der Waals surface area (Å²) in [5, 5.41) is 20.1. The van der Waals surface area contributed by atoms with E-state index in [2.05, 4.69) is 16.8 Å². The fourth-order valence-electron chi connectivity index (χ4n) is 3.51. The summed E-state index contributed by atoms with van der Waals surface area (Å²) in [6.45, 7) is 1.81. The SMILES string of the molecule is CN1C2CCC1CN(c1ccc(C#N)c([N+](=O)[O-])c1)CC2. The predicted octanol–water partition coefficient (Wildman–Crippen LogP) is 2.14. The highest BCUT2D eigenvalue weighted by atomic mass is 16.6. The average Bonchev–Trinajstić information content (AvgIpc) is 2.71. The molecule has 0 radical (unpaired) electrons. The van der Waals surface area contributed by atoms with Gasteiger partial charge in [0.1, 0.15) is 11.6 Å². The van der Waals surface area contributed by atoms with E-state index in [4.69, 9.17) is 5.26 Å². The molecule has 1 aromatic carbocycles. The van der Waals surface area contributed by atoms with Crippen LogP contribution in [0.5, 0.6) is 0 Å². The Hall–Kier alpha value is -2.13. The number of nitro groups is 1. The maximum atomic E-state index is 11.1. The van der Waals surface area contributed by atoms with Gasteiger partial charge in [-0.25, -0.2) is 0 Å². The number of fused-ring (bicyclic) bond motifs is 2. The zero-order valence-corrected chi connectivity index (χ0v) is 12.0. The van der Waals surface area contributed by atoms with Crippen molar-refractivity contribution in [1.82, 2.24) is 4.90 Å². The third kappa shape index (κ3) is 2.45. The molecule has 0 N–H and O–H groups in total. The molecule has 2 fully saturated rings. The van der Waals surface area contributed by atoms with E-state index in [0.717, 1.165) is 25.2 Å². The van der Waals surface area contributed by atoms with Gasteiger partial charge in [-0.15, -0.1) is 0 Å². The van der Waals surface area contributed by atoms with Crippen molar-refractivity contribution >= 4 is 11.4 Å². The molecule has 2 aliphatic heterocycles. The number of rotatable bonds is 2. The van der Waals surface area contributed by atoms with E-state index in [1.54, 1.807) is 6.07 Å². The molecule has 0 amide bonds. The van der Waals surface area contributed by atoms with E-state index in [1.807, 2.05) is 12.1 Å². The molecule has 0 aliphatic carbocycles. The number of benzene rings is 1. The molecule has 2 atom stereocenters. The van der Waals surface area contributed by atoms with E-state index < -0.39 is 4.92 Å². The maximum Gasteiger partial charge on any atom is 0.289 e. The molecule has 1 aromatic rings. The highest BCUT2D eigenvalue weighted by molar-refractivity contribution is 5.60. The van der Waals surface area contributed by atoms with Crippen molar-refractivity contribution < 1.29 is 4.92 Å². The topological polar surface area (TPSA) is 73.4 Å². The summed E-state index contributed by atoms with van der Waals surface area (Å²) < 4.78 is 0. The number of likely N-dealkylation sites (N-methyl/N-ethyl adjacent to an activating group) is 1. The normalized spacial score (nSPS) is 25.4. The smallest absolute Gasteiger partial charge is 0.289 e. The molecule has 3 rings (SSSR count). The Morgan fingerprint density at radius 2 is 2.10 bits per heavy atom. The van der Waals surface area contributed by atoms with Gasteiger partial charge in [0.25, 0.3) is 5.69 Å². The van der Waals surface area contributed by atoms with Gasteiger partial charge >= 0.3 is 0 Å². The third-order valence-electron chi connectivity index (χ3n) is 4.81. The molecule has 6 nitrogen and oxygen atoms in total. The van der Waals surface area contributed by atoms with Gasteiger partial charge in [-0.3, -0.25) is 15.0 Å². The summed E-state index contributed by atoms with van der Waals surface area (Å²) in [6.07, 6.45) is 3.53. The van der Waals surface area contributed by atoms with Crippen LogP contribution in [0, 0.1) is 21.4 Å². The van der Waals surface area contributed by atoms with Crippen LogP contribution in [0.4, 0.5) is 11.4 Å². The van der Waals surface area contributed by atoms with E-state index >= 15 is 0 Å². The second-order valence-corrected chi connectivity index (χ2v) is 5.86. The van der Waals surface area contributed by atoms with Crippen LogP contribution >= 0.6 is 0 Å². The standard InChI is InChI=1S/C15H18N4O2/c1-17-12-4-5-14(17)10-18(7-6-12)13-3-2-11(9-16)15(8-13)19(20)21/h2-3,8,12,14H,4-7,10H2,1H3. The fraction of sp³-hybridized carbons (Fsp3) is 0.533. The van der Waals surface area contributed by atoms with Crippen LogP contribution < -0.4 is 4.90 Å². The van der Waals surface area contributed by atoms with E-state index in [-0.39, 0.29) is 11.3 Å². The van der Waals surface area contributed by atoms with Gasteiger partial charge in [-0.2, -0.15) is 5.26 Å². The highest BCUT2D eigenvalue weighted by Crippen LogP contribution is 2.32. The Labute approximate surface area is 123 Å². The van der Waals surface area contributed by atoms with Crippen molar-refractivity contribution in [3.8, 4) is 6.07 Å². The maximum absolute atomic E-state index is 11.1. The van der Waals surface area contributed by atoms with Gasteiger partial charge < -0.3 is 4.90 Å². The van der Waals surface area contributed by atoms with Crippen molar-refractivity contribution in [2.75, 3.05) is 25.0 Å². The average molecular weight is 286 g/mol. The van der Waals surface area contributed by atoms with Crippen LogP contribution in [-0.4, -0.2) is 42.0 Å². The summed E-state index contributed by atoms with van der Waals surface area (Å²) in [7, 11) is 2.17. The minimum atomic E-state index is -0.474. The van der Waals surface area contributed by atoms with Crippen LogP contribution in [0.3, 0.4) is 0 Å². The van der Waals surface area contributed by atoms with Crippen molar-refractivity contribution in [1.29, 1.82) is 5.26 Å². The number of nitrogens with zero attached hydrogens (tertiary/aromatic N) is 4. The molecule has 2 unspecified atom stereocenters. The first-order valence-corrected chi connectivity index (χ1v) is 7.25. The Morgan fingerprint density at radius 3 is 2.81 bits per heavy atom. The van der Waals surface area contributed by atoms with Gasteiger partial charge in [0.05, 0.1) is 4.92 Å². The largest absolute Gasteiger partial charge is 0.370 e. The first-order valence-electron chi connectivity index (χ1n) is 7.25. The van der Waals surface area contributed by atoms with Crippen LogP contribution in [0.25, 0.3) is 0 Å². The molecule has 0 aromatic heterocycles. The summed E-state index contributed by atoms with van der Waals surface area (Å²) in [5.41, 5.74) is 0.872. The van der Waals surface area contributed by atoms with Gasteiger partial charge in [-0.05, 0) is 38.4 Å². The Balaban J connectivity index is 1.89. The first kappa shape index (κ1) is 13.8. The lowest BCUT2D eigenvalue weighted by Crippen LogP contribution is -2.36. The Kier molecular flexibility index (Phi) is 3.52. The van der Waals surface area contributed by atoms with Gasteiger partial charge in [0.15, 0.2) is 0 Å². The molecule has 2 saturated heterocycles. The second-order valence-electron chi connectivity index (χ2n) is 5.86. The Morgan fingerprint density at radius 1 is 1.33 bits per heavy atom. The van der Waals surface area contributed by atoms with Crippen LogP contribution in [0.15, 0.2) is 18.2 Å². The molecule has 6 heteroatoms. The molecule has 0 saturated carbocycles. The van der Waals surface area contributed by atoms with Gasteiger partial charge in [0.2, 0.25) is 0 Å². The van der Waals surface area contributed by atoms with Gasteiger partial charge in [-0.1, -0.05) is 0 Å². The lowest BCUT2D eigenvalue weighted by atomic mass is 10.1. The number of hydrogen-bond acceptors (Lipinski definition) is 5. The van der Waals surface area contributed by atoms with Crippen LogP contribution in [-0.2, 0) is 0 Å². The minimum absolute atomic E-state index is 0.0993. The van der Waals surface area contributed by atoms with Crippen molar-refractivity contribution in [3.05, 3.63) is 33.9 Å². The van der Waals surface area contributed by atoms with E-state index in [9.17, 15) is 10.1 Å². The molecule has 2 heterocycles. The molecular weight excluding hydrogens is 268 g/mol. The van der Waals surface area contributed by atoms with E-state index in [1.165, 1.54) is 18.9 Å².